The Hall–Kier alpha value is -2.76. The maximum Gasteiger partial charge on any atom is 0.309 e. The molecule has 0 spiro atoms. The van der Waals surface area contributed by atoms with E-state index in [0.717, 1.165) is 11.3 Å². The number of hydrogen-bond donors (Lipinski definition) is 1. The van der Waals surface area contributed by atoms with Gasteiger partial charge in [-0.15, -0.1) is 0 Å². The molecule has 0 aliphatic rings. The molecule has 0 radical (unpaired) electrons. The topological polar surface area (TPSA) is 80.4 Å². The number of fused-ring (bicyclic) bond motifs is 1. The molecule has 3 heterocycles. The van der Waals surface area contributed by atoms with Gasteiger partial charge in [0.1, 0.15) is 6.33 Å². The van der Waals surface area contributed by atoms with E-state index in [9.17, 15) is 4.79 Å². The van der Waals surface area contributed by atoms with Gasteiger partial charge in [0.25, 0.3) is 0 Å². The van der Waals surface area contributed by atoms with Crippen LogP contribution in [-0.2, 0) is 11.2 Å². The van der Waals surface area contributed by atoms with Gasteiger partial charge in [-0.1, -0.05) is 0 Å². The number of pyridine rings is 1. The van der Waals surface area contributed by atoms with Crippen LogP contribution in [0.4, 0.5) is 0 Å². The van der Waals surface area contributed by atoms with Crippen molar-refractivity contribution < 1.29 is 9.90 Å². The van der Waals surface area contributed by atoms with Gasteiger partial charge >= 0.3 is 5.97 Å². The van der Waals surface area contributed by atoms with E-state index in [1.807, 2.05) is 24.3 Å². The number of carboxylic acids is 1. The van der Waals surface area contributed by atoms with Crippen LogP contribution in [0.1, 0.15) is 5.69 Å². The van der Waals surface area contributed by atoms with Gasteiger partial charge in [0.15, 0.2) is 0 Å². The molecule has 0 aliphatic heterocycles. The van der Waals surface area contributed by atoms with Crippen LogP contribution in [0.25, 0.3) is 16.8 Å². The van der Waals surface area contributed by atoms with Crippen molar-refractivity contribution in [2.45, 2.75) is 6.42 Å². The van der Waals surface area contributed by atoms with Gasteiger partial charge in [-0.05, 0) is 24.3 Å². The molecule has 6 heteroatoms. The van der Waals surface area contributed by atoms with Crippen LogP contribution in [0.15, 0.2) is 43.0 Å². The molecule has 3 aromatic heterocycles. The molecule has 0 saturated heterocycles. The lowest BCUT2D eigenvalue weighted by Crippen LogP contribution is -2.01. The normalized spacial score (nSPS) is 10.7. The molecule has 19 heavy (non-hydrogen) atoms. The highest BCUT2D eigenvalue weighted by Gasteiger charge is 2.10. The molecule has 6 nitrogen and oxygen atoms in total. The van der Waals surface area contributed by atoms with Gasteiger partial charge in [0, 0.05) is 18.0 Å². The van der Waals surface area contributed by atoms with Crippen molar-refractivity contribution in [2.75, 3.05) is 0 Å². The van der Waals surface area contributed by atoms with Crippen LogP contribution in [0, 0.1) is 0 Å². The standard InChI is InChI=1S/C13H10N4O2/c18-13(19)6-11-12-4-3-10(16-17(12)8-15-11)9-2-1-5-14-7-9/h1-5,7-8H,6H2,(H,18,19). The fourth-order valence-corrected chi connectivity index (χ4v) is 1.89. The van der Waals surface area contributed by atoms with Crippen molar-refractivity contribution in [2.24, 2.45) is 0 Å². The van der Waals surface area contributed by atoms with Crippen LogP contribution in [-0.4, -0.2) is 30.7 Å². The molecule has 0 fully saturated rings. The fourth-order valence-electron chi connectivity index (χ4n) is 1.89. The number of aromatic nitrogens is 4. The van der Waals surface area contributed by atoms with Crippen molar-refractivity contribution in [3.05, 3.63) is 48.7 Å². The van der Waals surface area contributed by atoms with E-state index in [-0.39, 0.29) is 6.42 Å². The van der Waals surface area contributed by atoms with E-state index in [2.05, 4.69) is 15.1 Å². The third kappa shape index (κ3) is 2.15. The predicted molar refractivity (Wildman–Crippen MR) is 67.6 cm³/mol. The van der Waals surface area contributed by atoms with E-state index in [0.29, 0.717) is 11.2 Å². The quantitative estimate of drug-likeness (QED) is 0.764. The molecule has 0 unspecified atom stereocenters. The van der Waals surface area contributed by atoms with Crippen molar-refractivity contribution >= 4 is 11.5 Å². The Balaban J connectivity index is 2.06. The average molecular weight is 254 g/mol. The van der Waals surface area contributed by atoms with E-state index in [1.165, 1.54) is 6.33 Å². The number of nitrogens with zero attached hydrogens (tertiary/aromatic N) is 4. The lowest BCUT2D eigenvalue weighted by molar-refractivity contribution is -0.136. The summed E-state index contributed by atoms with van der Waals surface area (Å²) >= 11 is 0. The summed E-state index contributed by atoms with van der Waals surface area (Å²) in [4.78, 5) is 18.8. The van der Waals surface area contributed by atoms with Gasteiger partial charge in [-0.3, -0.25) is 9.78 Å². The summed E-state index contributed by atoms with van der Waals surface area (Å²) in [6, 6.07) is 7.40. The molecular formula is C13H10N4O2. The third-order valence-electron chi connectivity index (χ3n) is 2.76. The summed E-state index contributed by atoms with van der Waals surface area (Å²) < 4.78 is 1.58. The molecular weight excluding hydrogens is 244 g/mol. The summed E-state index contributed by atoms with van der Waals surface area (Å²) in [5.74, 6) is -0.906. The molecule has 0 aliphatic carbocycles. The molecule has 0 amide bonds. The summed E-state index contributed by atoms with van der Waals surface area (Å²) in [5.41, 5.74) is 2.88. The van der Waals surface area contributed by atoms with Crippen LogP contribution in [0.2, 0.25) is 0 Å². The molecule has 0 bridgehead atoms. The summed E-state index contributed by atoms with van der Waals surface area (Å²) in [6.45, 7) is 0. The average Bonchev–Trinajstić information content (AvgIpc) is 2.81. The highest BCUT2D eigenvalue weighted by atomic mass is 16.4. The molecule has 0 aromatic carbocycles. The van der Waals surface area contributed by atoms with E-state index < -0.39 is 5.97 Å². The largest absolute Gasteiger partial charge is 0.481 e. The summed E-state index contributed by atoms with van der Waals surface area (Å²) in [7, 11) is 0. The van der Waals surface area contributed by atoms with Gasteiger partial charge < -0.3 is 5.11 Å². The monoisotopic (exact) mass is 254 g/mol. The number of carbonyl (C=O) groups is 1. The fraction of sp³-hybridized carbons (Fsp3) is 0.0769. The molecule has 94 valence electrons. The second kappa shape index (κ2) is 4.49. The molecule has 3 aromatic rings. The van der Waals surface area contributed by atoms with Gasteiger partial charge in [-0.25, -0.2) is 9.50 Å². The third-order valence-corrected chi connectivity index (χ3v) is 2.76. The van der Waals surface area contributed by atoms with Crippen molar-refractivity contribution in [3.63, 3.8) is 0 Å². The van der Waals surface area contributed by atoms with Crippen LogP contribution in [0.3, 0.4) is 0 Å². The summed E-state index contributed by atoms with van der Waals surface area (Å²) in [6.07, 6.45) is 4.84. The Morgan fingerprint density at radius 2 is 2.21 bits per heavy atom. The minimum absolute atomic E-state index is 0.107. The molecule has 0 saturated carbocycles. The SMILES string of the molecule is O=C(O)Cc1ncn2nc(-c3cccnc3)ccc12. The number of aliphatic carboxylic acids is 1. The van der Waals surface area contributed by atoms with Gasteiger partial charge in [-0.2, -0.15) is 5.10 Å². The maximum absolute atomic E-state index is 10.7. The van der Waals surface area contributed by atoms with Crippen LogP contribution < -0.4 is 0 Å². The Labute approximate surface area is 108 Å². The van der Waals surface area contributed by atoms with Crippen LogP contribution >= 0.6 is 0 Å². The Kier molecular flexibility index (Phi) is 2.68. The Morgan fingerprint density at radius 1 is 1.32 bits per heavy atom. The lowest BCUT2D eigenvalue weighted by Gasteiger charge is -2.01. The number of imidazole rings is 1. The first-order chi connectivity index (χ1) is 9.24. The van der Waals surface area contributed by atoms with Gasteiger partial charge in [0.2, 0.25) is 0 Å². The van der Waals surface area contributed by atoms with E-state index in [1.54, 1.807) is 16.9 Å². The smallest absolute Gasteiger partial charge is 0.309 e. The lowest BCUT2D eigenvalue weighted by atomic mass is 10.2. The van der Waals surface area contributed by atoms with Crippen molar-refractivity contribution in [3.8, 4) is 11.3 Å². The zero-order valence-electron chi connectivity index (χ0n) is 9.89. The number of carboxylic acid groups (broad SMARTS) is 1. The summed E-state index contributed by atoms with van der Waals surface area (Å²) in [5, 5.41) is 13.2. The molecule has 1 N–H and O–H groups in total. The minimum atomic E-state index is -0.906. The molecule has 3 rings (SSSR count). The first kappa shape index (κ1) is 11.3. The zero-order chi connectivity index (χ0) is 13.2. The van der Waals surface area contributed by atoms with E-state index >= 15 is 0 Å². The van der Waals surface area contributed by atoms with Gasteiger partial charge in [0.05, 0.1) is 23.3 Å². The van der Waals surface area contributed by atoms with Crippen molar-refractivity contribution in [1.29, 1.82) is 0 Å². The second-order valence-corrected chi connectivity index (χ2v) is 4.05. The number of rotatable bonds is 3. The Morgan fingerprint density at radius 3 is 2.95 bits per heavy atom. The first-order valence-corrected chi connectivity index (χ1v) is 5.69. The second-order valence-electron chi connectivity index (χ2n) is 4.05. The zero-order valence-corrected chi connectivity index (χ0v) is 9.89. The van der Waals surface area contributed by atoms with Crippen LogP contribution in [0.5, 0.6) is 0 Å². The van der Waals surface area contributed by atoms with Crippen molar-refractivity contribution in [1.82, 2.24) is 19.6 Å². The Bertz CT molecular complexity index is 737. The maximum atomic E-state index is 10.7. The predicted octanol–water partition coefficient (Wildman–Crippen LogP) is 1.42. The molecule has 0 atom stereocenters. The minimum Gasteiger partial charge on any atom is -0.481 e. The highest BCUT2D eigenvalue weighted by molar-refractivity contribution is 5.73. The highest BCUT2D eigenvalue weighted by Crippen LogP contribution is 2.17. The van der Waals surface area contributed by atoms with E-state index in [4.69, 9.17) is 5.11 Å². The first-order valence-electron chi connectivity index (χ1n) is 5.69. The number of hydrogen-bond acceptors (Lipinski definition) is 4.